The van der Waals surface area contributed by atoms with Crippen LogP contribution in [0.15, 0.2) is 42.5 Å². The summed E-state index contributed by atoms with van der Waals surface area (Å²) >= 11 is 0. The molecule has 0 radical (unpaired) electrons. The van der Waals surface area contributed by atoms with Gasteiger partial charge in [-0.05, 0) is 54.8 Å². The standard InChI is InChI=1S/C34H44O19/c1-15-27(52-33-30(45)34(46,13-36)14-48-33)24(42)25(43)32(49-15)53-29-26(44)31(47-9-8-17-3-6-19(38)21(40)11-17)50-22(12-35)28(29)51-23(41)7-4-16-2-5-18(37)20(39)10-16/h2-7,10-11,15,22,24-33,35-40,42-46H,8-9,12-14H2,1H3/b7-4+. The van der Waals surface area contributed by atoms with Gasteiger partial charge in [0.2, 0.25) is 0 Å². The largest absolute Gasteiger partial charge is 0.504 e. The number of rotatable bonds is 13. The van der Waals surface area contributed by atoms with Gasteiger partial charge >= 0.3 is 5.97 Å². The highest BCUT2D eigenvalue weighted by atomic mass is 16.8. The van der Waals surface area contributed by atoms with E-state index in [1.54, 1.807) is 0 Å². The minimum Gasteiger partial charge on any atom is -0.504 e. The molecule has 3 aliphatic heterocycles. The van der Waals surface area contributed by atoms with Crippen molar-refractivity contribution >= 4 is 12.0 Å². The van der Waals surface area contributed by atoms with Crippen molar-refractivity contribution in [1.29, 1.82) is 0 Å². The van der Waals surface area contributed by atoms with Crippen molar-refractivity contribution in [3.63, 3.8) is 0 Å². The lowest BCUT2D eigenvalue weighted by Gasteiger charge is -2.47. The highest BCUT2D eigenvalue weighted by molar-refractivity contribution is 5.87. The van der Waals surface area contributed by atoms with Crippen LogP contribution in [0.1, 0.15) is 18.1 Å². The average Bonchev–Trinajstić information content (AvgIpc) is 3.42. The molecule has 0 bridgehead atoms. The molecule has 19 nitrogen and oxygen atoms in total. The average molecular weight is 757 g/mol. The van der Waals surface area contributed by atoms with Crippen molar-refractivity contribution in [3.8, 4) is 23.0 Å². The number of esters is 1. The van der Waals surface area contributed by atoms with Crippen molar-refractivity contribution in [1.82, 2.24) is 0 Å². The molecule has 0 aliphatic carbocycles. The zero-order valence-electron chi connectivity index (χ0n) is 28.3. The number of phenols is 4. The Bertz CT molecular complexity index is 1570. The lowest BCUT2D eigenvalue weighted by atomic mass is 9.96. The van der Waals surface area contributed by atoms with Gasteiger partial charge in [-0.1, -0.05) is 12.1 Å². The van der Waals surface area contributed by atoms with Gasteiger partial charge in [0, 0.05) is 6.08 Å². The van der Waals surface area contributed by atoms with Gasteiger partial charge in [0.25, 0.3) is 0 Å². The van der Waals surface area contributed by atoms with Crippen LogP contribution in [-0.2, 0) is 44.4 Å². The monoisotopic (exact) mass is 756 g/mol. The van der Waals surface area contributed by atoms with Crippen molar-refractivity contribution < 1.29 is 94.1 Å². The summed E-state index contributed by atoms with van der Waals surface area (Å²) in [5, 5.41) is 113. The molecule has 3 heterocycles. The van der Waals surface area contributed by atoms with E-state index < -0.39 is 111 Å². The number of ether oxygens (including phenoxy) is 7. The van der Waals surface area contributed by atoms with Crippen LogP contribution in [0.4, 0.5) is 0 Å². The summed E-state index contributed by atoms with van der Waals surface area (Å²) in [4.78, 5) is 13.0. The van der Waals surface area contributed by atoms with Gasteiger partial charge in [-0.2, -0.15) is 0 Å². The fourth-order valence-corrected chi connectivity index (χ4v) is 6.00. The first-order valence-corrected chi connectivity index (χ1v) is 16.6. The van der Waals surface area contributed by atoms with Gasteiger partial charge in [-0.15, -0.1) is 0 Å². The van der Waals surface area contributed by atoms with Crippen LogP contribution in [0, 0.1) is 0 Å². The van der Waals surface area contributed by atoms with Crippen LogP contribution < -0.4 is 0 Å². The summed E-state index contributed by atoms with van der Waals surface area (Å²) in [7, 11) is 0. The number of aliphatic hydroxyl groups excluding tert-OH is 6. The number of carbonyl (C=O) groups is 1. The fourth-order valence-electron chi connectivity index (χ4n) is 6.00. The minimum atomic E-state index is -2.03. The number of benzene rings is 2. The van der Waals surface area contributed by atoms with E-state index in [0.29, 0.717) is 11.1 Å². The first-order valence-electron chi connectivity index (χ1n) is 16.6. The minimum absolute atomic E-state index is 0.124. The summed E-state index contributed by atoms with van der Waals surface area (Å²) in [6, 6.07) is 7.87. The number of hydrogen-bond acceptors (Lipinski definition) is 19. The van der Waals surface area contributed by atoms with Crippen LogP contribution in [0.3, 0.4) is 0 Å². The topological polar surface area (TPSA) is 304 Å². The summed E-state index contributed by atoms with van der Waals surface area (Å²) in [5.74, 6) is -2.54. The van der Waals surface area contributed by atoms with Gasteiger partial charge in [-0.25, -0.2) is 4.79 Å². The molecule has 0 saturated carbocycles. The molecule has 53 heavy (non-hydrogen) atoms. The Kier molecular flexibility index (Phi) is 13.2. The van der Waals surface area contributed by atoms with E-state index in [-0.39, 0.29) is 30.3 Å². The number of aromatic hydroxyl groups is 4. The van der Waals surface area contributed by atoms with E-state index in [0.717, 1.165) is 6.08 Å². The first kappa shape index (κ1) is 40.5. The number of hydrogen-bond donors (Lipinski definition) is 11. The maximum Gasteiger partial charge on any atom is 0.331 e. The molecule has 13 atom stereocenters. The third kappa shape index (κ3) is 9.18. The first-order chi connectivity index (χ1) is 25.1. The van der Waals surface area contributed by atoms with Gasteiger partial charge in [0.1, 0.15) is 48.3 Å². The predicted molar refractivity (Wildman–Crippen MR) is 174 cm³/mol. The number of aliphatic hydroxyl groups is 7. The second kappa shape index (κ2) is 17.2. The third-order valence-electron chi connectivity index (χ3n) is 9.11. The molecule has 0 spiro atoms. The zero-order valence-corrected chi connectivity index (χ0v) is 28.3. The molecule has 294 valence electrons. The molecule has 11 N–H and O–H groups in total. The number of carbonyl (C=O) groups excluding carboxylic acids is 1. The smallest absolute Gasteiger partial charge is 0.331 e. The van der Waals surface area contributed by atoms with E-state index in [9.17, 15) is 61.0 Å². The van der Waals surface area contributed by atoms with Crippen molar-refractivity contribution in [2.45, 2.75) is 92.8 Å². The Hall–Kier alpha value is -3.67. The van der Waals surface area contributed by atoms with E-state index in [1.165, 1.54) is 49.4 Å². The second-order valence-corrected chi connectivity index (χ2v) is 12.9. The molecule has 5 rings (SSSR count). The van der Waals surface area contributed by atoms with Crippen LogP contribution >= 0.6 is 0 Å². The van der Waals surface area contributed by atoms with Gasteiger partial charge in [0.05, 0.1) is 32.5 Å². The molecule has 19 heteroatoms. The summed E-state index contributed by atoms with van der Waals surface area (Å²) < 4.78 is 39.7. The Morgan fingerprint density at radius 2 is 1.51 bits per heavy atom. The maximum atomic E-state index is 13.0. The molecular formula is C34H44O19. The van der Waals surface area contributed by atoms with Gasteiger partial charge < -0.3 is 89.3 Å². The molecule has 3 saturated heterocycles. The SMILES string of the molecule is CC1OC(OC2C(O)C(OCCc3ccc(O)c(O)c3)OC(CO)C2OC(=O)/C=C/c2ccc(O)c(O)c2)C(O)C(O)C1OC1OCC(O)(CO)C1O. The Morgan fingerprint density at radius 3 is 2.15 bits per heavy atom. The highest BCUT2D eigenvalue weighted by Crippen LogP contribution is 2.35. The van der Waals surface area contributed by atoms with E-state index in [4.69, 9.17) is 33.2 Å². The van der Waals surface area contributed by atoms with E-state index >= 15 is 0 Å². The third-order valence-corrected chi connectivity index (χ3v) is 9.11. The van der Waals surface area contributed by atoms with Gasteiger partial charge in [-0.3, -0.25) is 0 Å². The molecule has 0 aromatic heterocycles. The van der Waals surface area contributed by atoms with Crippen molar-refractivity contribution in [3.05, 3.63) is 53.6 Å². The zero-order chi connectivity index (χ0) is 38.6. The molecular weight excluding hydrogens is 712 g/mol. The number of phenolic OH excluding ortho intramolecular Hbond substituents is 4. The van der Waals surface area contributed by atoms with Crippen LogP contribution in [0.5, 0.6) is 23.0 Å². The summed E-state index contributed by atoms with van der Waals surface area (Å²) in [6.45, 7) is -0.826. The van der Waals surface area contributed by atoms with Crippen LogP contribution in [0.2, 0.25) is 0 Å². The Morgan fingerprint density at radius 1 is 0.830 bits per heavy atom. The molecule has 0 amide bonds. The molecule has 2 aromatic rings. The van der Waals surface area contributed by atoms with Crippen molar-refractivity contribution in [2.75, 3.05) is 26.4 Å². The Labute approximate surface area is 302 Å². The fraction of sp³-hybridized carbons (Fsp3) is 0.559. The summed E-state index contributed by atoms with van der Waals surface area (Å²) in [6.07, 6.45) is -16.8. The quantitative estimate of drug-likeness (QED) is 0.0569. The second-order valence-electron chi connectivity index (χ2n) is 12.9. The highest BCUT2D eigenvalue weighted by Gasteiger charge is 2.55. The molecule has 13 unspecified atom stereocenters. The molecule has 3 fully saturated rings. The van der Waals surface area contributed by atoms with Crippen molar-refractivity contribution in [2.24, 2.45) is 0 Å². The predicted octanol–water partition coefficient (Wildman–Crippen LogP) is -2.55. The molecule has 2 aromatic carbocycles. The van der Waals surface area contributed by atoms with Gasteiger partial charge in [0.15, 0.2) is 48.0 Å². The van der Waals surface area contributed by atoms with E-state index in [1.807, 2.05) is 0 Å². The van der Waals surface area contributed by atoms with E-state index in [2.05, 4.69) is 0 Å². The van der Waals surface area contributed by atoms with Crippen LogP contribution in [-0.4, -0.2) is 168 Å². The maximum absolute atomic E-state index is 13.0. The lowest BCUT2D eigenvalue weighted by Crippen LogP contribution is -2.65. The Balaban J connectivity index is 1.32. The lowest BCUT2D eigenvalue weighted by molar-refractivity contribution is -0.365. The van der Waals surface area contributed by atoms with Crippen LogP contribution in [0.25, 0.3) is 6.08 Å². The molecule has 3 aliphatic rings. The normalized spacial score (nSPS) is 36.2. The summed E-state index contributed by atoms with van der Waals surface area (Å²) in [5.41, 5.74) is -1.18.